The highest BCUT2D eigenvalue weighted by Crippen LogP contribution is 2.40. The molecule has 0 radical (unpaired) electrons. The number of hydroxylamine groups is 1. The van der Waals surface area contributed by atoms with Crippen molar-refractivity contribution in [3.8, 4) is 11.5 Å². The minimum atomic E-state index is -0.734. The number of nitrogens with one attached hydrogen (secondary N) is 1. The Kier molecular flexibility index (Phi) is 4.17. The molecule has 1 saturated carbocycles. The van der Waals surface area contributed by atoms with Gasteiger partial charge in [0, 0.05) is 5.56 Å². The molecule has 0 bridgehead atoms. The van der Waals surface area contributed by atoms with Crippen LogP contribution in [0.4, 0.5) is 0 Å². The van der Waals surface area contributed by atoms with Gasteiger partial charge < -0.3 is 15.2 Å². The molecule has 1 spiro atoms. The minimum absolute atomic E-state index is 0.184. The summed E-state index contributed by atoms with van der Waals surface area (Å²) in [5.74, 6) is 0.507. The summed E-state index contributed by atoms with van der Waals surface area (Å²) in [5.41, 5.74) is 9.93. The molecular weight excluding hydrogens is 296 g/mol. The number of rotatable bonds is 5. The van der Waals surface area contributed by atoms with E-state index >= 15 is 0 Å². The van der Waals surface area contributed by atoms with Gasteiger partial charge in [-0.25, -0.2) is 0 Å². The standard InChI is InChI=1S/C17H22N2O4/c1-11(16(18)20)22-15-9-12(5-6-14(15)21-2)13-10-17(23-19-13)7-3-4-8-17/h5-6,9-11,19H,3-4,7-8H2,1-2H3,(H2,18,20). The number of hydrogen-bond acceptors (Lipinski definition) is 5. The fourth-order valence-corrected chi connectivity index (χ4v) is 3.03. The molecular formula is C17H22N2O4. The maximum atomic E-state index is 11.2. The molecule has 3 rings (SSSR count). The summed E-state index contributed by atoms with van der Waals surface area (Å²) in [6.45, 7) is 1.61. The summed E-state index contributed by atoms with van der Waals surface area (Å²) in [7, 11) is 1.56. The van der Waals surface area contributed by atoms with E-state index in [0.717, 1.165) is 24.1 Å². The van der Waals surface area contributed by atoms with Crippen molar-refractivity contribution in [3.63, 3.8) is 0 Å². The number of primary amides is 1. The molecule has 1 amide bonds. The van der Waals surface area contributed by atoms with Gasteiger partial charge in [-0.1, -0.05) is 12.8 Å². The van der Waals surface area contributed by atoms with Crippen LogP contribution in [0.15, 0.2) is 24.3 Å². The van der Waals surface area contributed by atoms with Crippen LogP contribution in [0, 0.1) is 0 Å². The van der Waals surface area contributed by atoms with Crippen LogP contribution in [-0.4, -0.2) is 24.7 Å². The Labute approximate surface area is 135 Å². The monoisotopic (exact) mass is 318 g/mol. The summed E-state index contributed by atoms with van der Waals surface area (Å²) in [5, 5.41) is 0. The van der Waals surface area contributed by atoms with Crippen molar-refractivity contribution >= 4 is 11.6 Å². The largest absolute Gasteiger partial charge is 0.493 e. The fourth-order valence-electron chi connectivity index (χ4n) is 3.03. The lowest BCUT2D eigenvalue weighted by molar-refractivity contribution is -0.124. The molecule has 1 aromatic rings. The zero-order chi connectivity index (χ0) is 16.4. The Morgan fingerprint density at radius 3 is 2.74 bits per heavy atom. The molecule has 1 aromatic carbocycles. The first kappa shape index (κ1) is 15.7. The van der Waals surface area contributed by atoms with Gasteiger partial charge in [-0.15, -0.1) is 0 Å². The Bertz CT molecular complexity index is 635. The first-order valence-electron chi connectivity index (χ1n) is 7.84. The number of carbonyl (C=O) groups is 1. The molecule has 6 heteroatoms. The van der Waals surface area contributed by atoms with Crippen LogP contribution in [0.5, 0.6) is 11.5 Å². The highest BCUT2D eigenvalue weighted by atomic mass is 16.7. The molecule has 0 saturated heterocycles. The zero-order valence-corrected chi connectivity index (χ0v) is 13.4. The van der Waals surface area contributed by atoms with Crippen molar-refractivity contribution in [3.05, 3.63) is 29.8 Å². The van der Waals surface area contributed by atoms with Gasteiger partial charge in [0.15, 0.2) is 17.6 Å². The number of ether oxygens (including phenoxy) is 2. The van der Waals surface area contributed by atoms with Crippen molar-refractivity contribution in [2.75, 3.05) is 7.11 Å². The van der Waals surface area contributed by atoms with Crippen molar-refractivity contribution in [2.24, 2.45) is 5.73 Å². The summed E-state index contributed by atoms with van der Waals surface area (Å²) in [6, 6.07) is 5.56. The van der Waals surface area contributed by atoms with Gasteiger partial charge in [0.25, 0.3) is 5.91 Å². The van der Waals surface area contributed by atoms with Crippen molar-refractivity contribution < 1.29 is 19.1 Å². The maximum absolute atomic E-state index is 11.2. The molecule has 0 aromatic heterocycles. The van der Waals surface area contributed by atoms with Gasteiger partial charge in [0.2, 0.25) is 0 Å². The summed E-state index contributed by atoms with van der Waals surface area (Å²) < 4.78 is 10.9. The van der Waals surface area contributed by atoms with Crippen LogP contribution in [0.3, 0.4) is 0 Å². The van der Waals surface area contributed by atoms with E-state index in [4.69, 9.17) is 20.0 Å². The molecule has 1 heterocycles. The topological polar surface area (TPSA) is 82.8 Å². The van der Waals surface area contributed by atoms with Gasteiger partial charge in [0.1, 0.15) is 5.60 Å². The predicted molar refractivity (Wildman–Crippen MR) is 85.7 cm³/mol. The predicted octanol–water partition coefficient (Wildman–Crippen LogP) is 2.14. The number of methoxy groups -OCH3 is 1. The van der Waals surface area contributed by atoms with Crippen LogP contribution in [0.1, 0.15) is 38.2 Å². The summed E-state index contributed by atoms with van der Waals surface area (Å²) in [6.07, 6.45) is 5.83. The Morgan fingerprint density at radius 1 is 1.35 bits per heavy atom. The second-order valence-corrected chi connectivity index (χ2v) is 6.06. The molecule has 2 aliphatic rings. The molecule has 1 unspecified atom stereocenters. The van der Waals surface area contributed by atoms with E-state index in [1.807, 2.05) is 12.1 Å². The summed E-state index contributed by atoms with van der Waals surface area (Å²) >= 11 is 0. The lowest BCUT2D eigenvalue weighted by Gasteiger charge is -2.17. The first-order chi connectivity index (χ1) is 11.0. The number of benzene rings is 1. The third kappa shape index (κ3) is 3.12. The smallest absolute Gasteiger partial charge is 0.258 e. The molecule has 3 N–H and O–H groups in total. The number of nitrogens with two attached hydrogens (primary N) is 1. The van der Waals surface area contributed by atoms with Gasteiger partial charge in [-0.2, -0.15) is 0 Å². The second-order valence-electron chi connectivity index (χ2n) is 6.06. The van der Waals surface area contributed by atoms with Gasteiger partial charge in [-0.3, -0.25) is 15.1 Å². The van der Waals surface area contributed by atoms with Crippen molar-refractivity contribution in [1.82, 2.24) is 5.48 Å². The molecule has 23 heavy (non-hydrogen) atoms. The number of carbonyl (C=O) groups excluding carboxylic acids is 1. The van der Waals surface area contributed by atoms with Crippen molar-refractivity contribution in [2.45, 2.75) is 44.3 Å². The normalized spacial score (nSPS) is 20.0. The van der Waals surface area contributed by atoms with Crippen LogP contribution < -0.4 is 20.7 Å². The van der Waals surface area contributed by atoms with E-state index in [1.54, 1.807) is 20.1 Å². The highest BCUT2D eigenvalue weighted by Gasteiger charge is 2.38. The molecule has 6 nitrogen and oxygen atoms in total. The third-order valence-corrected chi connectivity index (χ3v) is 4.40. The minimum Gasteiger partial charge on any atom is -0.493 e. The van der Waals surface area contributed by atoms with Crippen LogP contribution in [0.25, 0.3) is 5.70 Å². The second kappa shape index (κ2) is 6.12. The van der Waals surface area contributed by atoms with Crippen molar-refractivity contribution in [1.29, 1.82) is 0 Å². The van der Waals surface area contributed by atoms with Gasteiger partial charge >= 0.3 is 0 Å². The molecule has 1 fully saturated rings. The Balaban J connectivity index is 1.87. The first-order valence-corrected chi connectivity index (χ1v) is 7.84. The summed E-state index contributed by atoms with van der Waals surface area (Å²) in [4.78, 5) is 17.0. The van der Waals surface area contributed by atoms with E-state index in [9.17, 15) is 4.79 Å². The number of hydrogen-bond donors (Lipinski definition) is 2. The average Bonchev–Trinajstić information content (AvgIpc) is 3.17. The third-order valence-electron chi connectivity index (χ3n) is 4.40. The number of amides is 1. The fraction of sp³-hybridized carbons (Fsp3) is 0.471. The van der Waals surface area contributed by atoms with Crippen LogP contribution in [0.2, 0.25) is 0 Å². The lowest BCUT2D eigenvalue weighted by atomic mass is 10.00. The zero-order valence-electron chi connectivity index (χ0n) is 13.4. The Morgan fingerprint density at radius 2 is 2.09 bits per heavy atom. The lowest BCUT2D eigenvalue weighted by Crippen LogP contribution is -2.30. The highest BCUT2D eigenvalue weighted by molar-refractivity contribution is 5.79. The van der Waals surface area contributed by atoms with E-state index in [1.165, 1.54) is 12.8 Å². The average molecular weight is 318 g/mol. The molecule has 1 aliphatic carbocycles. The van der Waals surface area contributed by atoms with Crippen LogP contribution >= 0.6 is 0 Å². The van der Waals surface area contributed by atoms with E-state index in [-0.39, 0.29) is 5.60 Å². The van der Waals surface area contributed by atoms with Crippen LogP contribution in [-0.2, 0) is 9.63 Å². The van der Waals surface area contributed by atoms with E-state index in [0.29, 0.717) is 11.5 Å². The maximum Gasteiger partial charge on any atom is 0.258 e. The molecule has 1 atom stereocenters. The quantitative estimate of drug-likeness (QED) is 0.869. The Hall–Kier alpha value is -2.21. The van der Waals surface area contributed by atoms with Gasteiger partial charge in [0.05, 0.1) is 12.8 Å². The molecule has 1 aliphatic heterocycles. The van der Waals surface area contributed by atoms with Gasteiger partial charge in [-0.05, 0) is 44.0 Å². The molecule has 124 valence electrons. The van der Waals surface area contributed by atoms with E-state index < -0.39 is 12.0 Å². The van der Waals surface area contributed by atoms with E-state index in [2.05, 4.69) is 11.6 Å². The SMILES string of the molecule is COc1ccc(C2=CC3(CCCC3)ON2)cc1OC(C)C(N)=O.